The number of para-hydroxylation sites is 3. The quantitative estimate of drug-likeness (QED) is 0.171. The number of hydrogen-bond donors (Lipinski definition) is 0. The molecule has 9 aromatic rings. The highest BCUT2D eigenvalue weighted by Gasteiger charge is 2.27. The number of oxazole rings is 1. The van der Waals surface area contributed by atoms with Crippen molar-refractivity contribution in [2.75, 3.05) is 0 Å². The second kappa shape index (κ2) is 13.3. The molecule has 6 nitrogen and oxygen atoms in total. The second-order valence-corrected chi connectivity index (χ2v) is 14.6. The predicted octanol–water partition coefficient (Wildman–Crippen LogP) is 11.9. The van der Waals surface area contributed by atoms with Crippen LogP contribution in [-0.4, -0.2) is 24.5 Å². The first-order valence-electron chi connectivity index (χ1n) is 19.2. The lowest BCUT2D eigenvalue weighted by molar-refractivity contribution is 0.502. The van der Waals surface area contributed by atoms with Gasteiger partial charge >= 0.3 is 0 Å². The van der Waals surface area contributed by atoms with Crippen LogP contribution in [0.1, 0.15) is 40.6 Å². The van der Waals surface area contributed by atoms with Crippen molar-refractivity contribution in [3.63, 3.8) is 0 Å². The van der Waals surface area contributed by atoms with Crippen LogP contribution in [0.2, 0.25) is 0 Å². The summed E-state index contributed by atoms with van der Waals surface area (Å²) in [6.07, 6.45) is 9.75. The molecule has 0 saturated heterocycles. The number of benzene rings is 6. The highest BCUT2D eigenvalue weighted by molar-refractivity contribution is 5.95. The van der Waals surface area contributed by atoms with Crippen LogP contribution in [0.4, 0.5) is 0 Å². The van der Waals surface area contributed by atoms with Gasteiger partial charge in [-0.25, -0.2) is 19.9 Å². The van der Waals surface area contributed by atoms with Crippen LogP contribution in [0.5, 0.6) is 0 Å². The standard InChI is InChI=1S/C50H35N5O/c1-3-11-34(12-4-1)47-52-48(35-13-5-2-6-14-35)54-49(53-47)36-22-19-32(20-23-36)37-24-21-33-25-27-40(30-39(33)29-37)55-44-17-9-7-15-41(44)42-31-38(26-28-45(42)55)50-51-43-16-8-10-18-46(43)56-50/h1-24,26,28-30,38H,25,27,31H2. The molecular weight excluding hydrogens is 687 g/mol. The van der Waals surface area contributed by atoms with Crippen LogP contribution in [0, 0.1) is 0 Å². The van der Waals surface area contributed by atoms with Gasteiger partial charge in [0, 0.05) is 33.5 Å². The molecule has 1 unspecified atom stereocenters. The van der Waals surface area contributed by atoms with Gasteiger partial charge in [0.1, 0.15) is 5.52 Å². The van der Waals surface area contributed by atoms with Crippen molar-refractivity contribution in [3.05, 3.63) is 186 Å². The zero-order chi connectivity index (χ0) is 37.0. The molecule has 0 radical (unpaired) electrons. The Balaban J connectivity index is 0.924. The van der Waals surface area contributed by atoms with Gasteiger partial charge in [-0.2, -0.15) is 0 Å². The smallest absolute Gasteiger partial charge is 0.202 e. The van der Waals surface area contributed by atoms with E-state index in [1.807, 2.05) is 84.9 Å². The van der Waals surface area contributed by atoms with E-state index in [4.69, 9.17) is 24.4 Å². The van der Waals surface area contributed by atoms with Crippen LogP contribution in [0.25, 0.3) is 85.1 Å². The van der Waals surface area contributed by atoms with Gasteiger partial charge in [-0.3, -0.25) is 0 Å². The molecule has 0 fully saturated rings. The Bertz CT molecular complexity index is 2900. The van der Waals surface area contributed by atoms with Gasteiger partial charge in [-0.05, 0) is 83.5 Å². The van der Waals surface area contributed by atoms with Gasteiger partial charge in [0.05, 0.1) is 11.4 Å². The summed E-state index contributed by atoms with van der Waals surface area (Å²) in [5.74, 6) is 2.83. The molecule has 0 saturated carbocycles. The van der Waals surface area contributed by atoms with Crippen LogP contribution in [-0.2, 0) is 12.8 Å². The Morgan fingerprint density at radius 1 is 0.554 bits per heavy atom. The van der Waals surface area contributed by atoms with Crippen LogP contribution >= 0.6 is 0 Å². The lowest BCUT2D eigenvalue weighted by Gasteiger charge is -2.22. The Morgan fingerprint density at radius 2 is 1.18 bits per heavy atom. The zero-order valence-electron chi connectivity index (χ0n) is 30.5. The molecular formula is C50H35N5O. The maximum atomic E-state index is 6.23. The van der Waals surface area contributed by atoms with Crippen molar-refractivity contribution in [3.8, 4) is 45.3 Å². The molecule has 1 atom stereocenters. The second-order valence-electron chi connectivity index (χ2n) is 14.6. The number of hydrogen-bond acceptors (Lipinski definition) is 5. The number of aromatic nitrogens is 5. The van der Waals surface area contributed by atoms with Gasteiger partial charge in [0.25, 0.3) is 0 Å². The third-order valence-electron chi connectivity index (χ3n) is 11.1. The largest absolute Gasteiger partial charge is 0.440 e. The van der Waals surface area contributed by atoms with E-state index in [9.17, 15) is 0 Å². The van der Waals surface area contributed by atoms with Gasteiger partial charge in [-0.1, -0.05) is 133 Å². The van der Waals surface area contributed by atoms with Gasteiger partial charge in [0.2, 0.25) is 5.89 Å². The maximum Gasteiger partial charge on any atom is 0.202 e. The first kappa shape index (κ1) is 32.3. The fourth-order valence-corrected chi connectivity index (χ4v) is 8.32. The molecule has 3 aromatic heterocycles. The topological polar surface area (TPSA) is 69.6 Å². The van der Waals surface area contributed by atoms with E-state index in [0.717, 1.165) is 58.5 Å². The molecule has 0 amide bonds. The Morgan fingerprint density at radius 3 is 1.91 bits per heavy atom. The van der Waals surface area contributed by atoms with E-state index in [0.29, 0.717) is 17.5 Å². The minimum absolute atomic E-state index is 0.0890. The highest BCUT2D eigenvalue weighted by atomic mass is 16.3. The van der Waals surface area contributed by atoms with Gasteiger partial charge in [-0.15, -0.1) is 0 Å². The number of allylic oxidation sites excluding steroid dienone is 2. The molecule has 3 heterocycles. The van der Waals surface area contributed by atoms with E-state index in [2.05, 4.69) is 89.5 Å². The first-order valence-corrected chi connectivity index (χ1v) is 19.2. The fraction of sp³-hybridized carbons (Fsp3) is 0.0800. The highest BCUT2D eigenvalue weighted by Crippen LogP contribution is 2.41. The Kier molecular flexibility index (Phi) is 7.66. The molecule has 6 heteroatoms. The third-order valence-corrected chi connectivity index (χ3v) is 11.1. The fourth-order valence-electron chi connectivity index (χ4n) is 8.32. The number of aryl methyl sites for hydroxylation is 1. The summed E-state index contributed by atoms with van der Waals surface area (Å²) in [7, 11) is 0. The monoisotopic (exact) mass is 721 g/mol. The van der Waals surface area contributed by atoms with Crippen molar-refractivity contribution in [2.24, 2.45) is 0 Å². The van der Waals surface area contributed by atoms with Gasteiger partial charge < -0.3 is 8.98 Å². The molecule has 0 aliphatic heterocycles. The van der Waals surface area contributed by atoms with Crippen molar-refractivity contribution >= 4 is 39.9 Å². The molecule has 56 heavy (non-hydrogen) atoms. The minimum Gasteiger partial charge on any atom is -0.440 e. The normalized spacial score (nSPS) is 14.8. The van der Waals surface area contributed by atoms with E-state index in [1.54, 1.807) is 0 Å². The maximum absolute atomic E-state index is 6.23. The third kappa shape index (κ3) is 5.66. The van der Waals surface area contributed by atoms with E-state index in [1.165, 1.54) is 44.5 Å². The van der Waals surface area contributed by atoms with Crippen molar-refractivity contribution in [1.82, 2.24) is 24.5 Å². The average molecular weight is 722 g/mol. The molecule has 6 aromatic carbocycles. The summed E-state index contributed by atoms with van der Waals surface area (Å²) in [5.41, 5.74) is 14.7. The Hall–Kier alpha value is -7.18. The molecule has 2 aliphatic rings. The van der Waals surface area contributed by atoms with Crippen molar-refractivity contribution < 1.29 is 4.42 Å². The summed E-state index contributed by atoms with van der Waals surface area (Å²) in [6, 6.07) is 52.5. The van der Waals surface area contributed by atoms with Crippen molar-refractivity contribution in [1.29, 1.82) is 0 Å². The molecule has 266 valence electrons. The summed E-state index contributed by atoms with van der Waals surface area (Å²) in [4.78, 5) is 19.6. The molecule has 0 spiro atoms. The SMILES string of the molecule is C1=CC(c2nc3ccccc3o2)Cc2c1n(C1=Cc3cc(-c4ccc(-c5nc(-c6ccccc6)nc(-c6ccccc6)n5)cc4)ccc3CC1)c1ccccc21. The zero-order valence-corrected chi connectivity index (χ0v) is 30.5. The van der Waals surface area contributed by atoms with Crippen LogP contribution in [0.3, 0.4) is 0 Å². The average Bonchev–Trinajstić information content (AvgIpc) is 3.86. The van der Waals surface area contributed by atoms with Crippen LogP contribution in [0.15, 0.2) is 162 Å². The molecule has 2 aliphatic carbocycles. The first-order chi connectivity index (χ1) is 27.7. The predicted molar refractivity (Wildman–Crippen MR) is 225 cm³/mol. The summed E-state index contributed by atoms with van der Waals surface area (Å²) in [5, 5.41) is 1.29. The number of fused-ring (bicyclic) bond motifs is 5. The van der Waals surface area contributed by atoms with E-state index < -0.39 is 0 Å². The lowest BCUT2D eigenvalue weighted by Crippen LogP contribution is -2.10. The summed E-state index contributed by atoms with van der Waals surface area (Å²) >= 11 is 0. The summed E-state index contributed by atoms with van der Waals surface area (Å²) in [6.45, 7) is 0. The van der Waals surface area contributed by atoms with E-state index >= 15 is 0 Å². The minimum atomic E-state index is 0.0890. The molecule has 0 N–H and O–H groups in total. The Labute approximate surface area is 324 Å². The molecule has 0 bridgehead atoms. The van der Waals surface area contributed by atoms with Crippen LogP contribution < -0.4 is 0 Å². The molecule has 11 rings (SSSR count). The number of nitrogens with zero attached hydrogens (tertiary/aromatic N) is 5. The lowest BCUT2D eigenvalue weighted by atomic mass is 9.90. The van der Waals surface area contributed by atoms with Crippen molar-refractivity contribution in [2.45, 2.75) is 25.2 Å². The van der Waals surface area contributed by atoms with Gasteiger partial charge in [0.15, 0.2) is 23.1 Å². The van der Waals surface area contributed by atoms with E-state index in [-0.39, 0.29) is 5.92 Å². The summed E-state index contributed by atoms with van der Waals surface area (Å²) < 4.78 is 8.71. The number of rotatable bonds is 6.